The number of carbonyl (C=O) groups excluding carboxylic acids is 2. The third-order valence-electron chi connectivity index (χ3n) is 3.49. The average molecular weight is 389 g/mol. The number of rotatable bonds is 8. The number of halogens is 1. The zero-order valence-electron chi connectivity index (χ0n) is 14.2. The minimum Gasteiger partial charge on any atom is -0.352 e. The van der Waals surface area contributed by atoms with E-state index in [1.54, 1.807) is 24.3 Å². The van der Waals surface area contributed by atoms with Crippen LogP contribution in [-0.2, 0) is 4.79 Å². The lowest BCUT2D eigenvalue weighted by Crippen LogP contribution is -2.26. The van der Waals surface area contributed by atoms with Gasteiger partial charge >= 0.3 is 0 Å². The van der Waals surface area contributed by atoms with Gasteiger partial charge in [-0.2, -0.15) is 5.10 Å². The fraction of sp³-hybridized carbons (Fsp3) is 0.167. The van der Waals surface area contributed by atoms with E-state index in [0.29, 0.717) is 29.1 Å². The number of nitrogens with zero attached hydrogens (tertiary/aromatic N) is 2. The maximum atomic E-state index is 11.9. The number of nitro benzene ring substituents is 1. The summed E-state index contributed by atoms with van der Waals surface area (Å²) >= 11 is 5.94. The Labute approximate surface area is 160 Å². The fourth-order valence-electron chi connectivity index (χ4n) is 2.11. The molecule has 2 N–H and O–H groups in total. The van der Waals surface area contributed by atoms with Crippen LogP contribution in [-0.4, -0.2) is 29.5 Å². The number of hydrazone groups is 1. The minimum absolute atomic E-state index is 0.0185. The van der Waals surface area contributed by atoms with Crippen molar-refractivity contribution in [2.75, 3.05) is 6.54 Å². The van der Waals surface area contributed by atoms with E-state index in [1.165, 1.54) is 30.5 Å². The number of carbonyl (C=O) groups is 2. The van der Waals surface area contributed by atoms with Gasteiger partial charge in [-0.1, -0.05) is 23.7 Å². The van der Waals surface area contributed by atoms with Crippen LogP contribution in [0.3, 0.4) is 0 Å². The van der Waals surface area contributed by atoms with E-state index in [1.807, 2.05) is 0 Å². The Bertz CT molecular complexity index is 853. The van der Waals surface area contributed by atoms with E-state index in [0.717, 1.165) is 0 Å². The molecule has 0 atom stereocenters. The molecular weight excluding hydrogens is 372 g/mol. The molecule has 0 aliphatic rings. The van der Waals surface area contributed by atoms with Gasteiger partial charge in [-0.05, 0) is 36.2 Å². The number of non-ortho nitro benzene ring substituents is 1. The van der Waals surface area contributed by atoms with Crippen LogP contribution in [0.15, 0.2) is 53.6 Å². The highest BCUT2D eigenvalue weighted by Gasteiger charge is 2.09. The van der Waals surface area contributed by atoms with Gasteiger partial charge in [0.25, 0.3) is 11.6 Å². The van der Waals surface area contributed by atoms with Crippen LogP contribution in [0, 0.1) is 10.1 Å². The molecule has 0 radical (unpaired) electrons. The van der Waals surface area contributed by atoms with Crippen LogP contribution in [0.1, 0.15) is 28.8 Å². The number of hydrogen-bond donors (Lipinski definition) is 2. The van der Waals surface area contributed by atoms with E-state index in [9.17, 15) is 19.7 Å². The summed E-state index contributed by atoms with van der Waals surface area (Å²) in [5.74, 6) is -0.600. The Morgan fingerprint density at radius 1 is 1.15 bits per heavy atom. The molecule has 0 spiro atoms. The van der Waals surface area contributed by atoms with Gasteiger partial charge in [0.1, 0.15) is 0 Å². The van der Waals surface area contributed by atoms with Crippen molar-refractivity contribution in [3.8, 4) is 0 Å². The molecule has 0 unspecified atom stereocenters. The summed E-state index contributed by atoms with van der Waals surface area (Å²) < 4.78 is 0. The van der Waals surface area contributed by atoms with Gasteiger partial charge in [-0.3, -0.25) is 19.7 Å². The Balaban J connectivity index is 1.68. The Hall–Kier alpha value is -3.26. The standard InChI is InChI=1S/C18H17ClN4O4/c19-16-5-2-1-4-15(16)18(25)20-11-3-6-17(24)22-21-12-13-7-9-14(10-8-13)23(26)27/h1-2,4-5,7-10,12H,3,6,11H2,(H,20,25)(H,22,24)/b21-12+. The number of nitro groups is 1. The first kappa shape index (κ1) is 20.1. The minimum atomic E-state index is -0.493. The molecule has 0 bridgehead atoms. The SMILES string of the molecule is O=C(CCCNC(=O)c1ccccc1Cl)N/N=C/c1ccc([N+](=O)[O-])cc1. The van der Waals surface area contributed by atoms with E-state index in [2.05, 4.69) is 15.8 Å². The van der Waals surface area contributed by atoms with Crippen molar-refractivity contribution in [1.82, 2.24) is 10.7 Å². The van der Waals surface area contributed by atoms with Crippen molar-refractivity contribution in [1.29, 1.82) is 0 Å². The van der Waals surface area contributed by atoms with Crippen LogP contribution in [0.4, 0.5) is 5.69 Å². The van der Waals surface area contributed by atoms with E-state index in [-0.39, 0.29) is 23.9 Å². The van der Waals surface area contributed by atoms with Gasteiger partial charge in [0.2, 0.25) is 5.91 Å². The summed E-state index contributed by atoms with van der Waals surface area (Å²) in [7, 11) is 0. The third kappa shape index (κ3) is 6.52. The number of hydrogen-bond acceptors (Lipinski definition) is 5. The summed E-state index contributed by atoms with van der Waals surface area (Å²) in [4.78, 5) is 33.7. The molecule has 27 heavy (non-hydrogen) atoms. The Morgan fingerprint density at radius 3 is 2.52 bits per heavy atom. The highest BCUT2D eigenvalue weighted by Crippen LogP contribution is 2.14. The quantitative estimate of drug-likeness (QED) is 0.313. The molecule has 0 aliphatic carbocycles. The molecule has 0 saturated heterocycles. The topological polar surface area (TPSA) is 114 Å². The monoisotopic (exact) mass is 388 g/mol. The highest BCUT2D eigenvalue weighted by atomic mass is 35.5. The summed E-state index contributed by atoms with van der Waals surface area (Å²) in [5, 5.41) is 17.4. The molecule has 2 aromatic carbocycles. The summed E-state index contributed by atoms with van der Waals surface area (Å²) in [6.45, 7) is 0.323. The van der Waals surface area contributed by atoms with Crippen molar-refractivity contribution >= 4 is 35.3 Å². The molecule has 2 rings (SSSR count). The first-order chi connectivity index (χ1) is 13.0. The number of benzene rings is 2. The van der Waals surface area contributed by atoms with Gasteiger partial charge < -0.3 is 5.32 Å². The second kappa shape index (κ2) is 10.0. The largest absolute Gasteiger partial charge is 0.352 e. The van der Waals surface area contributed by atoms with Gasteiger partial charge in [-0.15, -0.1) is 0 Å². The molecule has 140 valence electrons. The predicted molar refractivity (Wildman–Crippen MR) is 102 cm³/mol. The van der Waals surface area contributed by atoms with Crippen LogP contribution in [0.25, 0.3) is 0 Å². The van der Waals surface area contributed by atoms with E-state index < -0.39 is 4.92 Å². The maximum absolute atomic E-state index is 11.9. The zero-order chi connectivity index (χ0) is 19.6. The zero-order valence-corrected chi connectivity index (χ0v) is 15.0. The number of amides is 2. The fourth-order valence-corrected chi connectivity index (χ4v) is 2.33. The van der Waals surface area contributed by atoms with Gasteiger partial charge in [0.15, 0.2) is 0 Å². The first-order valence-electron chi connectivity index (χ1n) is 8.06. The lowest BCUT2D eigenvalue weighted by molar-refractivity contribution is -0.384. The highest BCUT2D eigenvalue weighted by molar-refractivity contribution is 6.33. The van der Waals surface area contributed by atoms with E-state index >= 15 is 0 Å². The molecule has 2 aromatic rings. The average Bonchev–Trinajstić information content (AvgIpc) is 2.66. The third-order valence-corrected chi connectivity index (χ3v) is 3.82. The van der Waals surface area contributed by atoms with Crippen molar-refractivity contribution in [2.45, 2.75) is 12.8 Å². The summed E-state index contributed by atoms with van der Waals surface area (Å²) in [5.41, 5.74) is 3.35. The molecule has 0 saturated carbocycles. The van der Waals surface area contributed by atoms with Crippen molar-refractivity contribution in [2.24, 2.45) is 5.10 Å². The summed E-state index contributed by atoms with van der Waals surface area (Å²) in [6, 6.07) is 12.5. The van der Waals surface area contributed by atoms with Crippen molar-refractivity contribution < 1.29 is 14.5 Å². The normalized spacial score (nSPS) is 10.6. The molecule has 0 aromatic heterocycles. The molecule has 0 fully saturated rings. The second-order valence-electron chi connectivity index (χ2n) is 5.48. The second-order valence-corrected chi connectivity index (χ2v) is 5.89. The first-order valence-corrected chi connectivity index (χ1v) is 8.44. The van der Waals surface area contributed by atoms with Crippen molar-refractivity contribution in [3.63, 3.8) is 0 Å². The molecule has 2 amide bonds. The number of nitrogens with one attached hydrogen (secondary N) is 2. The van der Waals surface area contributed by atoms with Gasteiger partial charge in [0.05, 0.1) is 21.7 Å². The van der Waals surface area contributed by atoms with Crippen LogP contribution in [0.2, 0.25) is 5.02 Å². The smallest absolute Gasteiger partial charge is 0.269 e. The lowest BCUT2D eigenvalue weighted by Gasteiger charge is -2.06. The van der Waals surface area contributed by atoms with Gasteiger partial charge in [0, 0.05) is 25.1 Å². The molecule has 0 heterocycles. The Morgan fingerprint density at radius 2 is 1.85 bits per heavy atom. The Kier molecular flexibility index (Phi) is 7.45. The molecule has 9 heteroatoms. The van der Waals surface area contributed by atoms with Crippen LogP contribution in [0.5, 0.6) is 0 Å². The maximum Gasteiger partial charge on any atom is 0.269 e. The van der Waals surface area contributed by atoms with Crippen LogP contribution >= 0.6 is 11.6 Å². The molecule has 0 aliphatic heterocycles. The molecular formula is C18H17ClN4O4. The predicted octanol–water partition coefficient (Wildman–Crippen LogP) is 2.91. The lowest BCUT2D eigenvalue weighted by atomic mass is 10.2. The van der Waals surface area contributed by atoms with E-state index in [4.69, 9.17) is 11.6 Å². The summed E-state index contributed by atoms with van der Waals surface area (Å²) in [6.07, 6.45) is 2.01. The molecule has 8 nitrogen and oxygen atoms in total. The van der Waals surface area contributed by atoms with Crippen LogP contribution < -0.4 is 10.7 Å². The van der Waals surface area contributed by atoms with Gasteiger partial charge in [-0.25, -0.2) is 5.43 Å². The van der Waals surface area contributed by atoms with Crippen molar-refractivity contribution in [3.05, 3.63) is 74.8 Å².